The molecule has 1 saturated heterocycles. The van der Waals surface area contributed by atoms with Crippen molar-refractivity contribution < 1.29 is 4.79 Å². The topological polar surface area (TPSA) is 38.1 Å². The highest BCUT2D eigenvalue weighted by molar-refractivity contribution is 8.26. The Morgan fingerprint density at radius 3 is 2.58 bits per heavy atom. The van der Waals surface area contributed by atoms with E-state index in [-0.39, 0.29) is 5.91 Å². The third kappa shape index (κ3) is 4.50. The van der Waals surface area contributed by atoms with Gasteiger partial charge in [0.25, 0.3) is 5.91 Å². The summed E-state index contributed by atoms with van der Waals surface area (Å²) in [5.74, 6) is 0.330. The SMILES string of the molecule is Cc1ccc(C)c(-c2nn(-c3ccccc3)cc2/C=C2\SC(=S)N(CC(C)C)C2=O)c1. The van der Waals surface area contributed by atoms with Crippen LogP contribution in [0.5, 0.6) is 0 Å². The van der Waals surface area contributed by atoms with Crippen LogP contribution >= 0.6 is 24.0 Å². The number of hydrogen-bond donors (Lipinski definition) is 0. The Morgan fingerprint density at radius 1 is 1.13 bits per heavy atom. The van der Waals surface area contributed by atoms with Gasteiger partial charge in [0.2, 0.25) is 0 Å². The van der Waals surface area contributed by atoms with Gasteiger partial charge in [-0.3, -0.25) is 9.69 Å². The maximum Gasteiger partial charge on any atom is 0.266 e. The first-order chi connectivity index (χ1) is 14.8. The number of aryl methyl sites for hydroxylation is 2. The summed E-state index contributed by atoms with van der Waals surface area (Å²) < 4.78 is 2.49. The fourth-order valence-corrected chi connectivity index (χ4v) is 4.84. The molecule has 1 aromatic heterocycles. The molecule has 2 aromatic carbocycles. The molecule has 0 saturated carbocycles. The van der Waals surface area contributed by atoms with E-state index in [1.807, 2.05) is 47.3 Å². The molecule has 4 nitrogen and oxygen atoms in total. The van der Waals surface area contributed by atoms with Crippen LogP contribution in [0.3, 0.4) is 0 Å². The molecule has 0 atom stereocenters. The smallest absolute Gasteiger partial charge is 0.266 e. The van der Waals surface area contributed by atoms with Gasteiger partial charge in [-0.05, 0) is 49.6 Å². The summed E-state index contributed by atoms with van der Waals surface area (Å²) in [5, 5.41) is 4.91. The number of hydrogen-bond acceptors (Lipinski definition) is 4. The largest absolute Gasteiger partial charge is 0.293 e. The summed E-state index contributed by atoms with van der Waals surface area (Å²) in [5.41, 5.74) is 6.12. The summed E-state index contributed by atoms with van der Waals surface area (Å²) >= 11 is 6.85. The van der Waals surface area contributed by atoms with Gasteiger partial charge in [-0.1, -0.05) is 73.7 Å². The minimum absolute atomic E-state index is 0.0249. The number of thioether (sulfide) groups is 1. The lowest BCUT2D eigenvalue weighted by molar-refractivity contribution is -0.122. The first-order valence-electron chi connectivity index (χ1n) is 10.3. The maximum atomic E-state index is 13.0. The normalized spacial score (nSPS) is 15.5. The number of carbonyl (C=O) groups is 1. The van der Waals surface area contributed by atoms with Gasteiger partial charge in [0.15, 0.2) is 0 Å². The number of aromatic nitrogens is 2. The van der Waals surface area contributed by atoms with Gasteiger partial charge in [0.05, 0.1) is 10.6 Å². The Bertz CT molecular complexity index is 1180. The molecule has 1 aliphatic rings. The molecule has 4 rings (SSSR count). The molecule has 0 radical (unpaired) electrons. The van der Waals surface area contributed by atoms with E-state index in [4.69, 9.17) is 17.3 Å². The first-order valence-corrected chi connectivity index (χ1v) is 11.5. The molecule has 0 N–H and O–H groups in total. The minimum atomic E-state index is -0.0249. The van der Waals surface area contributed by atoms with Gasteiger partial charge >= 0.3 is 0 Å². The lowest BCUT2D eigenvalue weighted by atomic mass is 10.0. The van der Waals surface area contributed by atoms with Crippen LogP contribution < -0.4 is 0 Å². The standard InChI is InChI=1S/C25H25N3OS2/c1-16(2)14-27-24(29)22(31-25(27)30)13-19-15-28(20-8-6-5-7-9-20)26-23(19)21-12-17(3)10-11-18(21)4/h5-13,15-16H,14H2,1-4H3/b22-13-. The van der Waals surface area contributed by atoms with Crippen LogP contribution in [0.1, 0.15) is 30.5 Å². The molecule has 3 aromatic rings. The average Bonchev–Trinajstić information content (AvgIpc) is 3.27. The van der Waals surface area contributed by atoms with Crippen molar-refractivity contribution in [2.45, 2.75) is 27.7 Å². The summed E-state index contributed by atoms with van der Waals surface area (Å²) in [6, 6.07) is 16.4. The molecular weight excluding hydrogens is 422 g/mol. The summed E-state index contributed by atoms with van der Waals surface area (Å²) in [6.45, 7) is 8.97. The van der Waals surface area contributed by atoms with E-state index >= 15 is 0 Å². The minimum Gasteiger partial charge on any atom is -0.293 e. The molecule has 1 aliphatic heterocycles. The molecular formula is C25H25N3OS2. The zero-order chi connectivity index (χ0) is 22.1. The van der Waals surface area contributed by atoms with Crippen LogP contribution in [-0.2, 0) is 4.79 Å². The first kappa shape index (κ1) is 21.5. The van der Waals surface area contributed by atoms with Crippen LogP contribution in [-0.4, -0.2) is 31.5 Å². The zero-order valence-electron chi connectivity index (χ0n) is 18.1. The molecule has 158 valence electrons. The third-order valence-corrected chi connectivity index (χ3v) is 6.50. The molecule has 0 bridgehead atoms. The fourth-order valence-electron chi connectivity index (χ4n) is 3.57. The number of carbonyl (C=O) groups excluding carboxylic acids is 1. The summed E-state index contributed by atoms with van der Waals surface area (Å²) in [4.78, 5) is 15.4. The average molecular weight is 448 g/mol. The van der Waals surface area contributed by atoms with Gasteiger partial charge < -0.3 is 0 Å². The van der Waals surface area contributed by atoms with Crippen molar-refractivity contribution in [1.29, 1.82) is 0 Å². The highest BCUT2D eigenvalue weighted by Gasteiger charge is 2.32. The van der Waals surface area contributed by atoms with Crippen molar-refractivity contribution in [3.63, 3.8) is 0 Å². The molecule has 1 fully saturated rings. The lowest BCUT2D eigenvalue weighted by Crippen LogP contribution is -2.31. The molecule has 6 heteroatoms. The van der Waals surface area contributed by atoms with Crippen LogP contribution in [0.4, 0.5) is 0 Å². The Balaban J connectivity index is 1.82. The van der Waals surface area contributed by atoms with Crippen molar-refractivity contribution in [3.8, 4) is 16.9 Å². The highest BCUT2D eigenvalue weighted by atomic mass is 32.2. The monoisotopic (exact) mass is 447 g/mol. The van der Waals surface area contributed by atoms with Gasteiger partial charge in [-0.15, -0.1) is 0 Å². The predicted molar refractivity (Wildman–Crippen MR) is 133 cm³/mol. The van der Waals surface area contributed by atoms with Crippen molar-refractivity contribution in [1.82, 2.24) is 14.7 Å². The Labute approximate surface area is 193 Å². The van der Waals surface area contributed by atoms with Gasteiger partial charge in [-0.2, -0.15) is 5.10 Å². The highest BCUT2D eigenvalue weighted by Crippen LogP contribution is 2.36. The van der Waals surface area contributed by atoms with Crippen LogP contribution in [0.15, 0.2) is 59.6 Å². The number of benzene rings is 2. The van der Waals surface area contributed by atoms with E-state index in [9.17, 15) is 4.79 Å². The molecule has 1 amide bonds. The molecule has 31 heavy (non-hydrogen) atoms. The van der Waals surface area contributed by atoms with E-state index in [0.29, 0.717) is 21.7 Å². The van der Waals surface area contributed by atoms with E-state index in [1.165, 1.54) is 17.3 Å². The van der Waals surface area contributed by atoms with E-state index in [0.717, 1.165) is 28.1 Å². The van der Waals surface area contributed by atoms with Crippen molar-refractivity contribution in [2.24, 2.45) is 5.92 Å². The maximum absolute atomic E-state index is 13.0. The Morgan fingerprint density at radius 2 is 1.87 bits per heavy atom. The number of para-hydroxylation sites is 1. The molecule has 2 heterocycles. The van der Waals surface area contributed by atoms with Crippen molar-refractivity contribution in [3.05, 3.63) is 76.3 Å². The second-order valence-corrected chi connectivity index (χ2v) is 9.89. The quantitative estimate of drug-likeness (QED) is 0.354. The number of rotatable bonds is 5. The number of amides is 1. The molecule has 0 aliphatic carbocycles. The predicted octanol–water partition coefficient (Wildman–Crippen LogP) is 6.01. The fraction of sp³-hybridized carbons (Fsp3) is 0.240. The van der Waals surface area contributed by atoms with Gasteiger partial charge in [0.1, 0.15) is 10.0 Å². The summed E-state index contributed by atoms with van der Waals surface area (Å²) in [6.07, 6.45) is 3.92. The van der Waals surface area contributed by atoms with Crippen LogP contribution in [0.25, 0.3) is 23.0 Å². The van der Waals surface area contributed by atoms with Crippen molar-refractivity contribution in [2.75, 3.05) is 6.54 Å². The second-order valence-electron chi connectivity index (χ2n) is 8.22. The number of nitrogens with zero attached hydrogens (tertiary/aromatic N) is 3. The Kier molecular flexibility index (Phi) is 6.12. The molecule has 0 unspecified atom stereocenters. The second kappa shape index (κ2) is 8.81. The lowest BCUT2D eigenvalue weighted by Gasteiger charge is -2.16. The number of thiocarbonyl (C=S) groups is 1. The van der Waals surface area contributed by atoms with E-state index in [1.54, 1.807) is 4.90 Å². The van der Waals surface area contributed by atoms with Gasteiger partial charge in [-0.25, -0.2) is 4.68 Å². The Hall–Kier alpha value is -2.70. The summed E-state index contributed by atoms with van der Waals surface area (Å²) in [7, 11) is 0. The van der Waals surface area contributed by atoms with E-state index in [2.05, 4.69) is 45.9 Å². The van der Waals surface area contributed by atoms with Crippen molar-refractivity contribution >= 4 is 40.3 Å². The van der Waals surface area contributed by atoms with Crippen LogP contribution in [0, 0.1) is 19.8 Å². The molecule has 0 spiro atoms. The van der Waals surface area contributed by atoms with E-state index < -0.39 is 0 Å². The zero-order valence-corrected chi connectivity index (χ0v) is 19.8. The third-order valence-electron chi connectivity index (χ3n) is 5.12. The van der Waals surface area contributed by atoms with Gasteiger partial charge in [0, 0.05) is 23.9 Å². The van der Waals surface area contributed by atoms with Crippen LogP contribution in [0.2, 0.25) is 0 Å².